The van der Waals surface area contributed by atoms with Gasteiger partial charge in [-0.25, -0.2) is 4.68 Å². The number of amides is 1. The van der Waals surface area contributed by atoms with Gasteiger partial charge in [0.05, 0.1) is 24.4 Å². The van der Waals surface area contributed by atoms with Crippen LogP contribution >= 0.6 is 0 Å². The Morgan fingerprint density at radius 1 is 1.29 bits per heavy atom. The summed E-state index contributed by atoms with van der Waals surface area (Å²) in [5, 5.41) is 25.5. The van der Waals surface area contributed by atoms with E-state index in [-0.39, 0.29) is 19.1 Å². The molecule has 112 valence electrons. The highest BCUT2D eigenvalue weighted by Gasteiger charge is 2.28. The summed E-state index contributed by atoms with van der Waals surface area (Å²) in [5.74, 6) is -0.327. The van der Waals surface area contributed by atoms with Crippen LogP contribution in [0.4, 0.5) is 0 Å². The Labute approximate surface area is 123 Å². The van der Waals surface area contributed by atoms with Gasteiger partial charge in [-0.3, -0.25) is 4.79 Å². The summed E-state index contributed by atoms with van der Waals surface area (Å²) >= 11 is 0. The average molecular weight is 289 g/mol. The Hall–Kier alpha value is -2.18. The van der Waals surface area contributed by atoms with E-state index in [1.165, 1.54) is 0 Å². The zero-order chi connectivity index (χ0) is 15.3. The number of rotatable bonds is 6. The number of aliphatic hydroxyl groups is 2. The molecule has 3 N–H and O–H groups in total. The lowest BCUT2D eigenvalue weighted by molar-refractivity contribution is 0.0653. The van der Waals surface area contributed by atoms with Gasteiger partial charge in [-0.1, -0.05) is 6.92 Å². The Kier molecular flexibility index (Phi) is 4.72. The second kappa shape index (κ2) is 6.51. The third-order valence-corrected chi connectivity index (χ3v) is 3.56. The molecule has 0 atom stereocenters. The summed E-state index contributed by atoms with van der Waals surface area (Å²) in [6.45, 7) is 1.18. The number of nitrogens with one attached hydrogen (secondary N) is 1. The number of hydrogen-bond acceptors (Lipinski definition) is 4. The largest absolute Gasteiger partial charge is 0.394 e. The van der Waals surface area contributed by atoms with Crippen LogP contribution in [0.5, 0.6) is 0 Å². The molecule has 21 heavy (non-hydrogen) atoms. The van der Waals surface area contributed by atoms with Gasteiger partial charge in [0.2, 0.25) is 0 Å². The summed E-state index contributed by atoms with van der Waals surface area (Å²) in [6, 6.07) is 8.75. The third kappa shape index (κ3) is 3.29. The lowest BCUT2D eigenvalue weighted by Gasteiger charge is -2.29. The third-order valence-electron chi connectivity index (χ3n) is 3.56. The minimum atomic E-state index is -0.988. The van der Waals surface area contributed by atoms with Crippen LogP contribution in [0, 0.1) is 0 Å². The fourth-order valence-electron chi connectivity index (χ4n) is 1.94. The van der Waals surface area contributed by atoms with Crippen molar-refractivity contribution < 1.29 is 15.0 Å². The molecule has 1 amide bonds. The summed E-state index contributed by atoms with van der Waals surface area (Å²) < 4.78 is 1.69. The van der Waals surface area contributed by atoms with E-state index >= 15 is 0 Å². The van der Waals surface area contributed by atoms with Crippen molar-refractivity contribution in [1.29, 1.82) is 0 Å². The summed E-state index contributed by atoms with van der Waals surface area (Å²) in [4.78, 5) is 12.2. The van der Waals surface area contributed by atoms with Gasteiger partial charge >= 0.3 is 0 Å². The Morgan fingerprint density at radius 2 is 1.95 bits per heavy atom. The molecule has 0 saturated carbocycles. The molecule has 1 aromatic heterocycles. The molecule has 0 aliphatic carbocycles. The number of benzene rings is 1. The minimum absolute atomic E-state index is 0.308. The van der Waals surface area contributed by atoms with Crippen molar-refractivity contribution in [2.45, 2.75) is 18.9 Å². The first-order chi connectivity index (χ1) is 10.1. The Morgan fingerprint density at radius 3 is 2.43 bits per heavy atom. The molecule has 0 bridgehead atoms. The van der Waals surface area contributed by atoms with Crippen molar-refractivity contribution in [1.82, 2.24) is 15.1 Å². The molecule has 0 aliphatic rings. The number of nitrogens with zero attached hydrogens (tertiary/aromatic N) is 2. The fraction of sp³-hybridized carbons (Fsp3) is 0.333. The highest BCUT2D eigenvalue weighted by Crippen LogP contribution is 2.12. The van der Waals surface area contributed by atoms with Crippen LogP contribution in [0.1, 0.15) is 23.7 Å². The van der Waals surface area contributed by atoms with Gasteiger partial charge < -0.3 is 15.5 Å². The molecule has 0 unspecified atom stereocenters. The molecule has 1 heterocycles. The first-order valence-electron chi connectivity index (χ1n) is 6.78. The van der Waals surface area contributed by atoms with Crippen molar-refractivity contribution in [2.75, 3.05) is 13.2 Å². The van der Waals surface area contributed by atoms with Crippen LogP contribution < -0.4 is 5.32 Å². The van der Waals surface area contributed by atoms with Crippen LogP contribution in [-0.4, -0.2) is 44.7 Å². The smallest absolute Gasteiger partial charge is 0.251 e. The number of hydrogen-bond donors (Lipinski definition) is 3. The second-order valence-electron chi connectivity index (χ2n) is 4.90. The summed E-state index contributed by atoms with van der Waals surface area (Å²) in [7, 11) is 0. The van der Waals surface area contributed by atoms with E-state index in [9.17, 15) is 15.0 Å². The maximum absolute atomic E-state index is 12.2. The maximum Gasteiger partial charge on any atom is 0.251 e. The highest BCUT2D eigenvalue weighted by molar-refractivity contribution is 5.94. The van der Waals surface area contributed by atoms with E-state index in [2.05, 4.69) is 10.4 Å². The fourth-order valence-corrected chi connectivity index (χ4v) is 1.94. The topological polar surface area (TPSA) is 87.4 Å². The van der Waals surface area contributed by atoms with Crippen molar-refractivity contribution in [3.63, 3.8) is 0 Å². The van der Waals surface area contributed by atoms with Crippen molar-refractivity contribution >= 4 is 5.91 Å². The van der Waals surface area contributed by atoms with E-state index in [0.29, 0.717) is 12.0 Å². The minimum Gasteiger partial charge on any atom is -0.394 e. The van der Waals surface area contributed by atoms with Crippen LogP contribution in [0.25, 0.3) is 5.69 Å². The SMILES string of the molecule is CCC(CO)(CO)NC(=O)c1ccc(-n2cccn2)cc1. The number of aromatic nitrogens is 2. The van der Waals surface area contributed by atoms with Crippen molar-refractivity contribution in [3.8, 4) is 5.69 Å². The van der Waals surface area contributed by atoms with Crippen LogP contribution in [-0.2, 0) is 0 Å². The molecule has 6 heteroatoms. The van der Waals surface area contributed by atoms with E-state index in [0.717, 1.165) is 5.69 Å². The zero-order valence-electron chi connectivity index (χ0n) is 11.9. The zero-order valence-corrected chi connectivity index (χ0v) is 11.9. The van der Waals surface area contributed by atoms with Gasteiger partial charge in [-0.05, 0) is 36.8 Å². The van der Waals surface area contributed by atoms with Gasteiger partial charge in [0.15, 0.2) is 0 Å². The molecule has 0 fully saturated rings. The Balaban J connectivity index is 2.13. The second-order valence-corrected chi connectivity index (χ2v) is 4.90. The van der Waals surface area contributed by atoms with Crippen molar-refractivity contribution in [2.24, 2.45) is 0 Å². The van der Waals surface area contributed by atoms with Gasteiger partial charge in [0.25, 0.3) is 5.91 Å². The van der Waals surface area contributed by atoms with Crippen LogP contribution in [0.3, 0.4) is 0 Å². The van der Waals surface area contributed by atoms with E-state index in [1.807, 2.05) is 12.3 Å². The molecular weight excluding hydrogens is 270 g/mol. The highest BCUT2D eigenvalue weighted by atomic mass is 16.3. The van der Waals surface area contributed by atoms with Gasteiger partial charge in [-0.15, -0.1) is 0 Å². The molecule has 0 saturated heterocycles. The van der Waals surface area contributed by atoms with Gasteiger partial charge in [-0.2, -0.15) is 5.10 Å². The molecule has 0 aliphatic heterocycles. The molecule has 2 rings (SSSR count). The predicted molar refractivity (Wildman–Crippen MR) is 78.2 cm³/mol. The van der Waals surface area contributed by atoms with Gasteiger partial charge in [0.1, 0.15) is 0 Å². The van der Waals surface area contributed by atoms with Gasteiger partial charge in [0, 0.05) is 18.0 Å². The predicted octanol–water partition coefficient (Wildman–Crippen LogP) is 0.735. The monoisotopic (exact) mass is 289 g/mol. The van der Waals surface area contributed by atoms with E-state index in [4.69, 9.17) is 0 Å². The van der Waals surface area contributed by atoms with E-state index in [1.54, 1.807) is 42.1 Å². The quantitative estimate of drug-likeness (QED) is 0.732. The normalized spacial score (nSPS) is 11.4. The molecule has 2 aromatic rings. The van der Waals surface area contributed by atoms with Crippen LogP contribution in [0.15, 0.2) is 42.7 Å². The standard InChI is InChI=1S/C15H19N3O3/c1-2-15(10-19,11-20)17-14(21)12-4-6-13(7-5-12)18-9-3-8-16-18/h3-9,19-20H,2,10-11H2,1H3,(H,17,21). The Bertz CT molecular complexity index is 566. The maximum atomic E-state index is 12.2. The summed E-state index contributed by atoms with van der Waals surface area (Å²) in [5.41, 5.74) is 0.325. The first kappa shape index (κ1) is 15.2. The lowest BCUT2D eigenvalue weighted by Crippen LogP contribution is -2.53. The van der Waals surface area contributed by atoms with Crippen LogP contribution in [0.2, 0.25) is 0 Å². The summed E-state index contributed by atoms with van der Waals surface area (Å²) in [6.07, 6.45) is 3.94. The molecule has 6 nitrogen and oxygen atoms in total. The van der Waals surface area contributed by atoms with Crippen molar-refractivity contribution in [3.05, 3.63) is 48.3 Å². The molecule has 0 spiro atoms. The number of carbonyl (C=O) groups is 1. The average Bonchev–Trinajstić information content (AvgIpc) is 3.07. The number of aliphatic hydroxyl groups excluding tert-OH is 2. The molecule has 0 radical (unpaired) electrons. The molecule has 1 aromatic carbocycles. The molecular formula is C15H19N3O3. The lowest BCUT2D eigenvalue weighted by atomic mass is 9.98. The van der Waals surface area contributed by atoms with E-state index < -0.39 is 5.54 Å². The first-order valence-corrected chi connectivity index (χ1v) is 6.78. The number of carbonyl (C=O) groups excluding carboxylic acids is 1.